The fourth-order valence-electron chi connectivity index (χ4n) is 3.76. The third kappa shape index (κ3) is 8.70. The van der Waals surface area contributed by atoms with Crippen molar-refractivity contribution < 1.29 is 27.7 Å². The van der Waals surface area contributed by atoms with Crippen LogP contribution in [0.2, 0.25) is 10.0 Å². The van der Waals surface area contributed by atoms with Crippen LogP contribution < -0.4 is 14.4 Å². The van der Waals surface area contributed by atoms with Crippen molar-refractivity contribution in [3.05, 3.63) is 62.1 Å². The molecule has 0 radical (unpaired) electrons. The molecular weight excluding hydrogens is 571 g/mol. The number of halogens is 2. The average molecular weight is 604 g/mol. The van der Waals surface area contributed by atoms with E-state index in [1.807, 2.05) is 13.8 Å². The summed E-state index contributed by atoms with van der Waals surface area (Å²) in [4.78, 5) is 38.9. The maximum Gasteiger partial charge on any atom is 0.271 e. The smallest absolute Gasteiger partial charge is 0.271 e. The van der Waals surface area contributed by atoms with Crippen LogP contribution in [0.4, 0.5) is 11.4 Å². The maximum atomic E-state index is 13.8. The predicted octanol–water partition coefficient (Wildman–Crippen LogP) is 4.26. The number of nitrogens with one attached hydrogen (secondary N) is 1. The van der Waals surface area contributed by atoms with Crippen molar-refractivity contribution in [2.75, 3.05) is 30.8 Å². The van der Waals surface area contributed by atoms with E-state index in [4.69, 9.17) is 27.9 Å². The molecule has 0 aliphatic heterocycles. The zero-order valence-electron chi connectivity index (χ0n) is 22.3. The second kappa shape index (κ2) is 13.8. The van der Waals surface area contributed by atoms with Crippen LogP contribution in [-0.4, -0.2) is 62.6 Å². The number of non-ortho nitro benzene ring substituents is 1. The molecule has 2 aromatic carbocycles. The molecule has 39 heavy (non-hydrogen) atoms. The SMILES string of the molecule is CC[C@H](C(=O)NCC(C)C)N(Cc1ccc(Cl)cc1Cl)C(=O)CN(c1cc([N+](=O)[O-])ccc1OC)S(C)(=O)=O. The highest BCUT2D eigenvalue weighted by atomic mass is 35.5. The summed E-state index contributed by atoms with van der Waals surface area (Å²) in [6.45, 7) is 5.07. The minimum atomic E-state index is -4.14. The molecule has 2 amide bonds. The van der Waals surface area contributed by atoms with Crippen LogP contribution in [0.25, 0.3) is 0 Å². The number of anilines is 1. The van der Waals surface area contributed by atoms with Crippen molar-refractivity contribution in [1.82, 2.24) is 10.2 Å². The van der Waals surface area contributed by atoms with Gasteiger partial charge in [-0.3, -0.25) is 24.0 Å². The van der Waals surface area contributed by atoms with Gasteiger partial charge in [-0.25, -0.2) is 8.42 Å². The molecule has 0 unspecified atom stereocenters. The monoisotopic (exact) mass is 602 g/mol. The highest BCUT2D eigenvalue weighted by Crippen LogP contribution is 2.34. The zero-order chi connectivity index (χ0) is 29.5. The number of ether oxygens (including phenoxy) is 1. The topological polar surface area (TPSA) is 139 Å². The molecule has 0 heterocycles. The van der Waals surface area contributed by atoms with Gasteiger partial charge in [0.1, 0.15) is 24.0 Å². The van der Waals surface area contributed by atoms with Gasteiger partial charge in [-0.2, -0.15) is 0 Å². The maximum absolute atomic E-state index is 13.8. The molecule has 1 N–H and O–H groups in total. The second-order valence-electron chi connectivity index (χ2n) is 9.20. The van der Waals surface area contributed by atoms with E-state index in [9.17, 15) is 28.1 Å². The van der Waals surface area contributed by atoms with E-state index in [1.165, 1.54) is 24.1 Å². The summed E-state index contributed by atoms with van der Waals surface area (Å²) < 4.78 is 31.7. The second-order valence-corrected chi connectivity index (χ2v) is 12.0. The van der Waals surface area contributed by atoms with Gasteiger partial charge in [0.15, 0.2) is 0 Å². The first-order chi connectivity index (χ1) is 18.2. The molecule has 0 spiro atoms. The van der Waals surface area contributed by atoms with Crippen LogP contribution in [0.5, 0.6) is 5.75 Å². The summed E-state index contributed by atoms with van der Waals surface area (Å²) in [6, 6.07) is 7.15. The van der Waals surface area contributed by atoms with Crippen molar-refractivity contribution in [1.29, 1.82) is 0 Å². The molecule has 0 saturated carbocycles. The van der Waals surface area contributed by atoms with Gasteiger partial charge < -0.3 is 15.0 Å². The van der Waals surface area contributed by atoms with Crippen LogP contribution in [-0.2, 0) is 26.2 Å². The van der Waals surface area contributed by atoms with E-state index in [2.05, 4.69) is 5.32 Å². The Morgan fingerprint density at radius 2 is 1.82 bits per heavy atom. The first-order valence-corrected chi connectivity index (χ1v) is 14.6. The Labute approximate surface area is 238 Å². The van der Waals surface area contributed by atoms with Gasteiger partial charge in [0.2, 0.25) is 21.8 Å². The van der Waals surface area contributed by atoms with Gasteiger partial charge in [-0.05, 0) is 36.1 Å². The van der Waals surface area contributed by atoms with Crippen LogP contribution in [0.3, 0.4) is 0 Å². The number of carbonyl (C=O) groups is 2. The highest BCUT2D eigenvalue weighted by molar-refractivity contribution is 7.92. The minimum Gasteiger partial charge on any atom is -0.495 e. The van der Waals surface area contributed by atoms with Crippen LogP contribution in [0, 0.1) is 16.0 Å². The molecule has 1 atom stereocenters. The van der Waals surface area contributed by atoms with Gasteiger partial charge in [-0.1, -0.05) is 50.0 Å². The van der Waals surface area contributed by atoms with Crippen molar-refractivity contribution in [3.8, 4) is 5.75 Å². The Morgan fingerprint density at radius 1 is 1.15 bits per heavy atom. The molecular formula is C25H32Cl2N4O7S. The number of methoxy groups -OCH3 is 1. The Bertz CT molecular complexity index is 1320. The highest BCUT2D eigenvalue weighted by Gasteiger charge is 2.33. The summed E-state index contributed by atoms with van der Waals surface area (Å²) in [5.74, 6) is -0.980. The van der Waals surface area contributed by atoms with E-state index in [0.29, 0.717) is 17.1 Å². The Kier molecular flexibility index (Phi) is 11.4. The standard InChI is InChI=1S/C25H32Cl2N4O7S/c1-6-21(25(33)28-13-16(2)3)29(14-17-7-8-18(26)11-20(17)27)24(32)15-30(39(5,36)37)22-12-19(31(34)35)9-10-23(22)38-4/h7-12,16,21H,6,13-15H2,1-5H3,(H,28,33)/t21-/m1/s1. The first-order valence-electron chi connectivity index (χ1n) is 12.0. The summed E-state index contributed by atoms with van der Waals surface area (Å²) in [6.07, 6.45) is 1.09. The van der Waals surface area contributed by atoms with E-state index < -0.39 is 45.0 Å². The number of hydrogen-bond acceptors (Lipinski definition) is 7. The van der Waals surface area contributed by atoms with Crippen LogP contribution >= 0.6 is 23.2 Å². The number of rotatable bonds is 13. The van der Waals surface area contributed by atoms with E-state index >= 15 is 0 Å². The van der Waals surface area contributed by atoms with Crippen molar-refractivity contribution in [3.63, 3.8) is 0 Å². The number of sulfonamides is 1. The fourth-order valence-corrected chi connectivity index (χ4v) is 5.07. The lowest BCUT2D eigenvalue weighted by molar-refractivity contribution is -0.384. The molecule has 0 aromatic heterocycles. The first kappa shape index (κ1) is 32.1. The molecule has 0 bridgehead atoms. The Hall–Kier alpha value is -3.09. The molecule has 0 fully saturated rings. The largest absolute Gasteiger partial charge is 0.495 e. The third-order valence-electron chi connectivity index (χ3n) is 5.75. The lowest BCUT2D eigenvalue weighted by Gasteiger charge is -2.33. The van der Waals surface area contributed by atoms with Gasteiger partial charge >= 0.3 is 0 Å². The number of benzene rings is 2. The van der Waals surface area contributed by atoms with E-state index in [0.717, 1.165) is 22.7 Å². The average Bonchev–Trinajstić information content (AvgIpc) is 2.85. The van der Waals surface area contributed by atoms with Gasteiger partial charge in [0, 0.05) is 35.3 Å². The number of amides is 2. The molecule has 0 saturated heterocycles. The minimum absolute atomic E-state index is 0.00726. The Morgan fingerprint density at radius 3 is 2.33 bits per heavy atom. The fraction of sp³-hybridized carbons (Fsp3) is 0.440. The molecule has 0 aliphatic carbocycles. The van der Waals surface area contributed by atoms with E-state index in [1.54, 1.807) is 19.1 Å². The number of carbonyl (C=O) groups excluding carboxylic acids is 2. The normalized spacial score (nSPS) is 12.1. The zero-order valence-corrected chi connectivity index (χ0v) is 24.6. The van der Waals surface area contributed by atoms with E-state index in [-0.39, 0.29) is 35.3 Å². The van der Waals surface area contributed by atoms with Gasteiger partial charge in [-0.15, -0.1) is 0 Å². The lowest BCUT2D eigenvalue weighted by Crippen LogP contribution is -2.52. The van der Waals surface area contributed by atoms with Gasteiger partial charge in [0.05, 0.1) is 18.3 Å². The lowest BCUT2D eigenvalue weighted by atomic mass is 10.1. The quantitative estimate of drug-likeness (QED) is 0.267. The number of nitrogens with zero attached hydrogens (tertiary/aromatic N) is 3. The molecule has 11 nitrogen and oxygen atoms in total. The summed E-state index contributed by atoms with van der Waals surface area (Å²) in [5.41, 5.74) is -0.0936. The summed E-state index contributed by atoms with van der Waals surface area (Å²) in [7, 11) is -2.87. The Balaban J connectivity index is 2.58. The molecule has 214 valence electrons. The molecule has 0 aliphatic rings. The third-order valence-corrected chi connectivity index (χ3v) is 7.46. The van der Waals surface area contributed by atoms with Gasteiger partial charge in [0.25, 0.3) is 5.69 Å². The number of nitro benzene ring substituents is 1. The van der Waals surface area contributed by atoms with Crippen LogP contribution in [0.15, 0.2) is 36.4 Å². The molecule has 2 rings (SSSR count). The van der Waals surface area contributed by atoms with Crippen molar-refractivity contribution in [2.45, 2.75) is 39.8 Å². The predicted molar refractivity (Wildman–Crippen MR) is 151 cm³/mol. The number of hydrogen-bond donors (Lipinski definition) is 1. The van der Waals surface area contributed by atoms with Crippen molar-refractivity contribution in [2.24, 2.45) is 5.92 Å². The molecule has 14 heteroatoms. The summed E-state index contributed by atoms with van der Waals surface area (Å²) >= 11 is 12.4. The summed E-state index contributed by atoms with van der Waals surface area (Å²) in [5, 5.41) is 14.8. The van der Waals surface area contributed by atoms with Crippen LogP contribution in [0.1, 0.15) is 32.8 Å². The molecule has 2 aromatic rings. The van der Waals surface area contributed by atoms with Crippen molar-refractivity contribution >= 4 is 56.4 Å². The number of nitro groups is 1.